The van der Waals surface area contributed by atoms with Crippen LogP contribution in [0.25, 0.3) is 0 Å². The van der Waals surface area contributed by atoms with E-state index in [2.05, 4.69) is 36.3 Å². The van der Waals surface area contributed by atoms with Crippen molar-refractivity contribution in [2.75, 3.05) is 20.1 Å². The lowest BCUT2D eigenvalue weighted by Gasteiger charge is -2.35. The molecule has 0 bridgehead atoms. The standard InChI is InChI=1S/C17H27ClN2/c1-3-12-19-17(15-9-4-5-10-16(15)18)11-13-20(2)14-7-6-8-14/h4-5,9-10,14,17,19H,3,6-8,11-13H2,1-2H3. The van der Waals surface area contributed by atoms with Crippen LogP contribution < -0.4 is 5.32 Å². The summed E-state index contributed by atoms with van der Waals surface area (Å²) in [5.41, 5.74) is 1.24. The molecule has 2 nitrogen and oxygen atoms in total. The Morgan fingerprint density at radius 3 is 2.70 bits per heavy atom. The Hall–Kier alpha value is -0.570. The predicted molar refractivity (Wildman–Crippen MR) is 87.4 cm³/mol. The van der Waals surface area contributed by atoms with Crippen LogP contribution in [0.2, 0.25) is 5.02 Å². The van der Waals surface area contributed by atoms with Crippen molar-refractivity contribution in [3.63, 3.8) is 0 Å². The first-order valence-electron chi connectivity index (χ1n) is 7.90. The van der Waals surface area contributed by atoms with Gasteiger partial charge in [0.1, 0.15) is 0 Å². The van der Waals surface area contributed by atoms with Gasteiger partial charge < -0.3 is 10.2 Å². The molecule has 1 aliphatic rings. The molecule has 1 aliphatic carbocycles. The van der Waals surface area contributed by atoms with Crippen LogP contribution in [0.3, 0.4) is 0 Å². The Morgan fingerprint density at radius 1 is 1.35 bits per heavy atom. The van der Waals surface area contributed by atoms with Crippen LogP contribution >= 0.6 is 11.6 Å². The molecule has 0 heterocycles. The van der Waals surface area contributed by atoms with Crippen LogP contribution in [0.15, 0.2) is 24.3 Å². The molecule has 112 valence electrons. The van der Waals surface area contributed by atoms with E-state index in [-0.39, 0.29) is 0 Å². The second kappa shape index (κ2) is 8.02. The molecule has 1 fully saturated rings. The molecular weight excluding hydrogens is 268 g/mol. The summed E-state index contributed by atoms with van der Waals surface area (Å²) in [6.07, 6.45) is 6.42. The number of halogens is 1. The summed E-state index contributed by atoms with van der Waals surface area (Å²) in [5, 5.41) is 4.53. The quantitative estimate of drug-likeness (QED) is 0.771. The fourth-order valence-electron chi connectivity index (χ4n) is 2.79. The van der Waals surface area contributed by atoms with E-state index >= 15 is 0 Å². The van der Waals surface area contributed by atoms with Crippen molar-refractivity contribution < 1.29 is 0 Å². The predicted octanol–water partition coefficient (Wildman–Crippen LogP) is 4.26. The summed E-state index contributed by atoms with van der Waals surface area (Å²) in [5.74, 6) is 0. The minimum atomic E-state index is 0.367. The number of nitrogens with zero attached hydrogens (tertiary/aromatic N) is 1. The third-order valence-corrected chi connectivity index (χ3v) is 4.73. The van der Waals surface area contributed by atoms with E-state index in [0.717, 1.165) is 37.0 Å². The maximum atomic E-state index is 6.36. The summed E-state index contributed by atoms with van der Waals surface area (Å²) in [7, 11) is 2.26. The van der Waals surface area contributed by atoms with Gasteiger partial charge in [-0.1, -0.05) is 43.1 Å². The third kappa shape index (κ3) is 4.21. The van der Waals surface area contributed by atoms with E-state index in [0.29, 0.717) is 6.04 Å². The normalized spacial score (nSPS) is 17.2. The van der Waals surface area contributed by atoms with Crippen LogP contribution in [0.4, 0.5) is 0 Å². The van der Waals surface area contributed by atoms with Crippen molar-refractivity contribution in [3.8, 4) is 0 Å². The van der Waals surface area contributed by atoms with Gasteiger partial charge in [-0.25, -0.2) is 0 Å². The Kier molecular flexibility index (Phi) is 6.34. The van der Waals surface area contributed by atoms with Crippen molar-refractivity contribution >= 4 is 11.6 Å². The molecule has 2 rings (SSSR count). The summed E-state index contributed by atoms with van der Waals surface area (Å²) in [4.78, 5) is 2.51. The minimum Gasteiger partial charge on any atom is -0.310 e. The number of hydrogen-bond donors (Lipinski definition) is 1. The lowest BCUT2D eigenvalue weighted by Crippen LogP contribution is -2.39. The maximum Gasteiger partial charge on any atom is 0.0453 e. The molecule has 1 aromatic carbocycles. The van der Waals surface area contributed by atoms with E-state index in [1.807, 2.05) is 12.1 Å². The molecule has 0 aliphatic heterocycles. The van der Waals surface area contributed by atoms with Gasteiger partial charge in [0.25, 0.3) is 0 Å². The van der Waals surface area contributed by atoms with Crippen LogP contribution in [-0.2, 0) is 0 Å². The first-order chi connectivity index (χ1) is 9.72. The molecule has 0 saturated heterocycles. The molecule has 1 unspecified atom stereocenters. The highest BCUT2D eigenvalue weighted by molar-refractivity contribution is 6.31. The molecule has 20 heavy (non-hydrogen) atoms. The molecular formula is C17H27ClN2. The van der Waals surface area contributed by atoms with Crippen LogP contribution in [0.1, 0.15) is 50.6 Å². The lowest BCUT2D eigenvalue weighted by atomic mass is 9.91. The van der Waals surface area contributed by atoms with E-state index in [9.17, 15) is 0 Å². The van der Waals surface area contributed by atoms with Crippen molar-refractivity contribution in [2.45, 2.75) is 51.1 Å². The van der Waals surface area contributed by atoms with E-state index in [4.69, 9.17) is 11.6 Å². The summed E-state index contributed by atoms with van der Waals surface area (Å²) in [6.45, 7) is 4.39. The summed E-state index contributed by atoms with van der Waals surface area (Å²) >= 11 is 6.36. The van der Waals surface area contributed by atoms with Crippen LogP contribution in [0, 0.1) is 0 Å². The van der Waals surface area contributed by atoms with Gasteiger partial charge in [0.15, 0.2) is 0 Å². The van der Waals surface area contributed by atoms with E-state index in [1.165, 1.54) is 24.8 Å². The molecule has 0 spiro atoms. The van der Waals surface area contributed by atoms with Crippen molar-refractivity contribution in [1.29, 1.82) is 0 Å². The Labute approximate surface area is 128 Å². The average Bonchev–Trinajstić information content (AvgIpc) is 2.38. The molecule has 1 atom stereocenters. The highest BCUT2D eigenvalue weighted by Gasteiger charge is 2.23. The fraction of sp³-hybridized carbons (Fsp3) is 0.647. The first-order valence-corrected chi connectivity index (χ1v) is 8.28. The Morgan fingerprint density at radius 2 is 2.10 bits per heavy atom. The van der Waals surface area contributed by atoms with Gasteiger partial charge in [-0.3, -0.25) is 0 Å². The van der Waals surface area contributed by atoms with Crippen LogP contribution in [-0.4, -0.2) is 31.1 Å². The largest absolute Gasteiger partial charge is 0.310 e. The zero-order valence-electron chi connectivity index (χ0n) is 12.7. The van der Waals surface area contributed by atoms with E-state index < -0.39 is 0 Å². The van der Waals surface area contributed by atoms with Crippen LogP contribution in [0.5, 0.6) is 0 Å². The monoisotopic (exact) mass is 294 g/mol. The average molecular weight is 295 g/mol. The molecule has 1 saturated carbocycles. The van der Waals surface area contributed by atoms with Gasteiger partial charge >= 0.3 is 0 Å². The SMILES string of the molecule is CCCNC(CCN(C)C1CCC1)c1ccccc1Cl. The van der Waals surface area contributed by atoms with Gasteiger partial charge in [-0.05, 0) is 57.5 Å². The molecule has 3 heteroatoms. The minimum absolute atomic E-state index is 0.367. The third-order valence-electron chi connectivity index (χ3n) is 4.39. The zero-order chi connectivity index (χ0) is 14.4. The lowest BCUT2D eigenvalue weighted by molar-refractivity contribution is 0.153. The van der Waals surface area contributed by atoms with Gasteiger partial charge in [-0.2, -0.15) is 0 Å². The summed E-state index contributed by atoms with van der Waals surface area (Å²) < 4.78 is 0. The maximum absolute atomic E-state index is 6.36. The molecule has 0 amide bonds. The second-order valence-corrected chi connectivity index (χ2v) is 6.29. The molecule has 1 aromatic rings. The Balaban J connectivity index is 1.94. The molecule has 0 aromatic heterocycles. The highest BCUT2D eigenvalue weighted by Crippen LogP contribution is 2.27. The number of nitrogens with one attached hydrogen (secondary N) is 1. The number of benzene rings is 1. The van der Waals surface area contributed by atoms with Crippen molar-refractivity contribution in [1.82, 2.24) is 10.2 Å². The van der Waals surface area contributed by atoms with Crippen molar-refractivity contribution in [2.24, 2.45) is 0 Å². The number of rotatable bonds is 8. The Bertz CT molecular complexity index is 404. The van der Waals surface area contributed by atoms with E-state index in [1.54, 1.807) is 0 Å². The van der Waals surface area contributed by atoms with Gasteiger partial charge in [-0.15, -0.1) is 0 Å². The second-order valence-electron chi connectivity index (χ2n) is 5.88. The van der Waals surface area contributed by atoms with Gasteiger partial charge in [0.2, 0.25) is 0 Å². The van der Waals surface area contributed by atoms with Gasteiger partial charge in [0.05, 0.1) is 0 Å². The first kappa shape index (κ1) is 15.8. The van der Waals surface area contributed by atoms with Crippen molar-refractivity contribution in [3.05, 3.63) is 34.9 Å². The summed E-state index contributed by atoms with van der Waals surface area (Å²) in [6, 6.07) is 9.41. The fourth-order valence-corrected chi connectivity index (χ4v) is 3.05. The molecule has 1 N–H and O–H groups in total. The molecule has 0 radical (unpaired) electrons. The zero-order valence-corrected chi connectivity index (χ0v) is 13.5. The number of hydrogen-bond acceptors (Lipinski definition) is 2. The highest BCUT2D eigenvalue weighted by atomic mass is 35.5. The topological polar surface area (TPSA) is 15.3 Å². The van der Waals surface area contributed by atoms with Gasteiger partial charge in [0, 0.05) is 17.1 Å². The smallest absolute Gasteiger partial charge is 0.0453 e.